The second kappa shape index (κ2) is 4.22. The summed E-state index contributed by atoms with van der Waals surface area (Å²) >= 11 is 3.10. The van der Waals surface area contributed by atoms with E-state index in [0.29, 0.717) is 0 Å². The minimum Gasteiger partial charge on any atom is -0.331 e. The molecule has 0 saturated carbocycles. The molecule has 0 amide bonds. The lowest BCUT2D eigenvalue weighted by atomic mass is 10.0. The maximum atomic E-state index is 12.3. The number of allylic oxidation sites excluding steroid dienone is 2. The van der Waals surface area contributed by atoms with Crippen LogP contribution in [0.2, 0.25) is 0 Å². The van der Waals surface area contributed by atoms with Gasteiger partial charge in [-0.15, -0.1) is 11.8 Å². The zero-order valence-electron chi connectivity index (χ0n) is 10.1. The van der Waals surface area contributed by atoms with Crippen molar-refractivity contribution in [1.82, 2.24) is 4.90 Å². The van der Waals surface area contributed by atoms with E-state index < -0.39 is 0 Å². The molecule has 18 heavy (non-hydrogen) atoms. The summed E-state index contributed by atoms with van der Waals surface area (Å²) in [6.45, 7) is 1.87. The first-order valence-electron chi connectivity index (χ1n) is 5.75. The van der Waals surface area contributed by atoms with E-state index in [1.807, 2.05) is 19.3 Å². The molecule has 0 saturated heterocycles. The molecule has 0 unspecified atom stereocenters. The second-order valence-corrected chi connectivity index (χ2v) is 6.65. The SMILES string of the molecule is CSC1=C2C(=O)C(C)=C3C=CC[C@H]([C@H](C#N)S1)N32. The van der Waals surface area contributed by atoms with Gasteiger partial charge < -0.3 is 4.90 Å². The third-order valence-corrected chi connectivity index (χ3v) is 5.95. The fourth-order valence-corrected chi connectivity index (χ4v) is 4.69. The van der Waals surface area contributed by atoms with Gasteiger partial charge in [-0.05, 0) is 25.7 Å². The number of Topliss-reactive ketones (excluding diaryl/α,β-unsaturated/α-hetero) is 1. The number of thioether (sulfide) groups is 2. The van der Waals surface area contributed by atoms with Gasteiger partial charge in [-0.2, -0.15) is 5.26 Å². The lowest BCUT2D eigenvalue weighted by Crippen LogP contribution is -2.43. The van der Waals surface area contributed by atoms with Crippen molar-refractivity contribution in [2.75, 3.05) is 6.26 Å². The Morgan fingerprint density at radius 1 is 1.61 bits per heavy atom. The van der Waals surface area contributed by atoms with Crippen LogP contribution >= 0.6 is 23.5 Å². The van der Waals surface area contributed by atoms with E-state index in [0.717, 1.165) is 27.6 Å². The predicted molar refractivity (Wildman–Crippen MR) is 74.6 cm³/mol. The fourth-order valence-electron chi connectivity index (χ4n) is 2.64. The van der Waals surface area contributed by atoms with E-state index >= 15 is 0 Å². The highest BCUT2D eigenvalue weighted by atomic mass is 32.2. The van der Waals surface area contributed by atoms with Crippen LogP contribution in [-0.4, -0.2) is 28.2 Å². The normalized spacial score (nSPS) is 29.8. The van der Waals surface area contributed by atoms with Crippen molar-refractivity contribution < 1.29 is 4.79 Å². The Morgan fingerprint density at radius 2 is 2.39 bits per heavy atom. The predicted octanol–water partition coefficient (Wildman–Crippen LogP) is 2.64. The molecule has 2 atom stereocenters. The molecule has 0 aromatic carbocycles. The van der Waals surface area contributed by atoms with Gasteiger partial charge in [0.05, 0.1) is 16.3 Å². The third-order valence-electron chi connectivity index (χ3n) is 3.51. The van der Waals surface area contributed by atoms with Crippen molar-refractivity contribution in [2.45, 2.75) is 24.6 Å². The van der Waals surface area contributed by atoms with Crippen LogP contribution in [0.3, 0.4) is 0 Å². The van der Waals surface area contributed by atoms with Crippen LogP contribution in [0.5, 0.6) is 0 Å². The summed E-state index contributed by atoms with van der Waals surface area (Å²) in [5, 5.41) is 9.21. The van der Waals surface area contributed by atoms with Crippen LogP contribution in [0.1, 0.15) is 13.3 Å². The van der Waals surface area contributed by atoms with Gasteiger partial charge in [0.1, 0.15) is 10.9 Å². The Bertz CT molecular complexity index is 568. The Hall–Kier alpha value is -1.12. The first kappa shape index (κ1) is 11.9. The molecule has 5 heteroatoms. The van der Waals surface area contributed by atoms with Gasteiger partial charge in [0, 0.05) is 11.3 Å². The van der Waals surface area contributed by atoms with Crippen LogP contribution in [0, 0.1) is 11.3 Å². The largest absolute Gasteiger partial charge is 0.331 e. The van der Waals surface area contributed by atoms with Crippen molar-refractivity contribution >= 4 is 29.3 Å². The molecule has 0 aromatic rings. The van der Waals surface area contributed by atoms with Gasteiger partial charge in [-0.1, -0.05) is 17.8 Å². The molecule has 0 spiro atoms. The Kier molecular flexibility index (Phi) is 2.80. The summed E-state index contributed by atoms with van der Waals surface area (Å²) in [5.41, 5.74) is 2.58. The maximum absolute atomic E-state index is 12.3. The highest BCUT2D eigenvalue weighted by Crippen LogP contribution is 2.49. The van der Waals surface area contributed by atoms with Crippen molar-refractivity contribution in [2.24, 2.45) is 0 Å². The van der Waals surface area contributed by atoms with Gasteiger partial charge in [0.15, 0.2) is 0 Å². The molecule has 92 valence electrons. The van der Waals surface area contributed by atoms with Crippen LogP contribution < -0.4 is 0 Å². The van der Waals surface area contributed by atoms with E-state index in [1.165, 1.54) is 0 Å². The summed E-state index contributed by atoms with van der Waals surface area (Å²) in [7, 11) is 0. The first-order chi connectivity index (χ1) is 8.69. The molecule has 3 aliphatic rings. The molecule has 0 aromatic heterocycles. The molecule has 3 nitrogen and oxygen atoms in total. The van der Waals surface area contributed by atoms with Gasteiger partial charge >= 0.3 is 0 Å². The van der Waals surface area contributed by atoms with Crippen LogP contribution in [0.15, 0.2) is 33.4 Å². The topological polar surface area (TPSA) is 44.1 Å². The summed E-state index contributed by atoms with van der Waals surface area (Å²) in [6, 6.07) is 2.48. The lowest BCUT2D eigenvalue weighted by Gasteiger charge is -2.40. The Balaban J connectivity index is 2.21. The summed E-state index contributed by atoms with van der Waals surface area (Å²) in [5.74, 6) is 0.120. The average Bonchev–Trinajstić information content (AvgIpc) is 2.67. The second-order valence-electron chi connectivity index (χ2n) is 4.42. The lowest BCUT2D eigenvalue weighted by molar-refractivity contribution is -0.112. The van der Waals surface area contributed by atoms with Gasteiger partial charge in [-0.25, -0.2) is 0 Å². The average molecular weight is 276 g/mol. The first-order valence-corrected chi connectivity index (χ1v) is 7.85. The molecule has 0 fully saturated rings. The van der Waals surface area contributed by atoms with Crippen LogP contribution in [0.25, 0.3) is 0 Å². The number of nitrogens with zero attached hydrogens (tertiary/aromatic N) is 2. The Morgan fingerprint density at radius 3 is 3.06 bits per heavy atom. The molecule has 3 heterocycles. The number of hydrogen-bond donors (Lipinski definition) is 0. The molecule has 3 aliphatic heterocycles. The number of ketones is 1. The standard InChI is InChI=1S/C13H12N2OS2/c1-7-8-4-3-5-9-10(6-14)18-13(17-2)11(12(7)16)15(8)9/h3-4,9-10H,5H2,1-2H3/t9-,10+/m1/s1. The van der Waals surface area contributed by atoms with Crippen LogP contribution in [-0.2, 0) is 4.79 Å². The minimum absolute atomic E-state index is 0.102. The molecule has 3 rings (SSSR count). The number of rotatable bonds is 1. The summed E-state index contributed by atoms with van der Waals surface area (Å²) in [6.07, 6.45) is 6.88. The summed E-state index contributed by atoms with van der Waals surface area (Å²) < 4.78 is 0.979. The van der Waals surface area contributed by atoms with E-state index in [1.54, 1.807) is 23.5 Å². The molecular weight excluding hydrogens is 264 g/mol. The molecular formula is C13H12N2OS2. The fraction of sp³-hybridized carbons (Fsp3) is 0.385. The smallest absolute Gasteiger partial charge is 0.208 e. The number of carbonyl (C=O) groups is 1. The van der Waals surface area contributed by atoms with Crippen molar-refractivity contribution in [3.05, 3.63) is 33.4 Å². The van der Waals surface area contributed by atoms with E-state index in [4.69, 9.17) is 0 Å². The third kappa shape index (κ3) is 1.42. The highest BCUT2D eigenvalue weighted by molar-refractivity contribution is 8.22. The van der Waals surface area contributed by atoms with Gasteiger partial charge in [-0.3, -0.25) is 4.79 Å². The zero-order valence-corrected chi connectivity index (χ0v) is 11.8. The number of hydrogen-bond acceptors (Lipinski definition) is 5. The summed E-state index contributed by atoms with van der Waals surface area (Å²) in [4.78, 5) is 14.4. The Labute approximate surface area is 115 Å². The minimum atomic E-state index is -0.102. The van der Waals surface area contributed by atoms with E-state index in [2.05, 4.69) is 17.0 Å². The highest BCUT2D eigenvalue weighted by Gasteiger charge is 2.46. The number of nitriles is 1. The van der Waals surface area contributed by atoms with Crippen molar-refractivity contribution in [1.29, 1.82) is 5.26 Å². The zero-order chi connectivity index (χ0) is 12.9. The monoisotopic (exact) mass is 276 g/mol. The van der Waals surface area contributed by atoms with Gasteiger partial charge in [0.25, 0.3) is 0 Å². The molecule has 0 aliphatic carbocycles. The molecule has 0 N–H and O–H groups in total. The van der Waals surface area contributed by atoms with Crippen LogP contribution in [0.4, 0.5) is 0 Å². The van der Waals surface area contributed by atoms with Crippen molar-refractivity contribution in [3.63, 3.8) is 0 Å². The molecule has 0 radical (unpaired) electrons. The van der Waals surface area contributed by atoms with E-state index in [-0.39, 0.29) is 17.1 Å². The molecule has 0 bridgehead atoms. The van der Waals surface area contributed by atoms with E-state index in [9.17, 15) is 10.1 Å². The van der Waals surface area contributed by atoms with Crippen molar-refractivity contribution in [3.8, 4) is 6.07 Å². The maximum Gasteiger partial charge on any atom is 0.208 e. The van der Waals surface area contributed by atoms with Gasteiger partial charge in [0.2, 0.25) is 5.78 Å². The quantitative estimate of drug-likeness (QED) is 0.736. The number of carbonyl (C=O) groups excluding carboxylic acids is 1.